The minimum Gasteiger partial charge on any atom is -0.481 e. The summed E-state index contributed by atoms with van der Waals surface area (Å²) < 4.78 is 0. The van der Waals surface area contributed by atoms with Crippen molar-refractivity contribution >= 4 is 17.8 Å². The number of carbonyl (C=O) groups is 3. The molecule has 1 unspecified atom stereocenters. The molecule has 1 aliphatic heterocycles. The third kappa shape index (κ3) is 3.45. The van der Waals surface area contributed by atoms with Gasteiger partial charge in [0.05, 0.1) is 0 Å². The molecule has 6 nitrogen and oxygen atoms in total. The van der Waals surface area contributed by atoms with Gasteiger partial charge < -0.3 is 14.9 Å². The van der Waals surface area contributed by atoms with Crippen molar-refractivity contribution in [2.24, 2.45) is 5.92 Å². The molecule has 1 atom stereocenters. The van der Waals surface area contributed by atoms with Gasteiger partial charge >= 0.3 is 5.97 Å². The van der Waals surface area contributed by atoms with Gasteiger partial charge in [0.15, 0.2) is 0 Å². The molecule has 0 aromatic rings. The second kappa shape index (κ2) is 6.37. The van der Waals surface area contributed by atoms with Crippen molar-refractivity contribution in [3.05, 3.63) is 0 Å². The molecule has 1 heterocycles. The first-order valence-corrected chi connectivity index (χ1v) is 6.26. The van der Waals surface area contributed by atoms with Gasteiger partial charge in [0.1, 0.15) is 5.92 Å². The first kappa shape index (κ1) is 14.5. The summed E-state index contributed by atoms with van der Waals surface area (Å²) in [6.07, 6.45) is 1.16. The van der Waals surface area contributed by atoms with E-state index in [0.29, 0.717) is 39.0 Å². The van der Waals surface area contributed by atoms with Crippen LogP contribution in [-0.4, -0.2) is 58.9 Å². The van der Waals surface area contributed by atoms with E-state index >= 15 is 0 Å². The predicted molar refractivity (Wildman–Crippen MR) is 64.9 cm³/mol. The van der Waals surface area contributed by atoms with Crippen LogP contribution in [0.2, 0.25) is 0 Å². The zero-order valence-electron chi connectivity index (χ0n) is 10.9. The van der Waals surface area contributed by atoms with Gasteiger partial charge in [-0.1, -0.05) is 6.92 Å². The highest BCUT2D eigenvalue weighted by atomic mass is 16.4. The number of hydrogen-bond acceptors (Lipinski definition) is 3. The Labute approximate surface area is 107 Å². The van der Waals surface area contributed by atoms with Crippen LogP contribution in [-0.2, 0) is 14.4 Å². The third-order valence-electron chi connectivity index (χ3n) is 3.20. The van der Waals surface area contributed by atoms with Crippen LogP contribution in [0.25, 0.3) is 0 Å². The maximum absolute atomic E-state index is 11.9. The van der Waals surface area contributed by atoms with Crippen LogP contribution in [0.15, 0.2) is 0 Å². The van der Waals surface area contributed by atoms with Crippen LogP contribution < -0.4 is 0 Å². The van der Waals surface area contributed by atoms with Crippen molar-refractivity contribution < 1.29 is 19.5 Å². The second-order valence-electron chi connectivity index (χ2n) is 4.47. The normalized spacial score (nSPS) is 18.1. The molecule has 102 valence electrons. The molecule has 0 aliphatic carbocycles. The van der Waals surface area contributed by atoms with Crippen molar-refractivity contribution in [3.8, 4) is 0 Å². The topological polar surface area (TPSA) is 77.9 Å². The lowest BCUT2D eigenvalue weighted by Crippen LogP contribution is -2.41. The highest BCUT2D eigenvalue weighted by molar-refractivity contribution is 5.96. The van der Waals surface area contributed by atoms with Crippen molar-refractivity contribution in [1.82, 2.24) is 9.80 Å². The van der Waals surface area contributed by atoms with Gasteiger partial charge in [0, 0.05) is 32.6 Å². The summed E-state index contributed by atoms with van der Waals surface area (Å²) in [5.41, 5.74) is 0. The first-order valence-electron chi connectivity index (χ1n) is 6.26. The Hall–Kier alpha value is -1.59. The maximum Gasteiger partial charge on any atom is 0.315 e. The van der Waals surface area contributed by atoms with Crippen molar-refractivity contribution in [1.29, 1.82) is 0 Å². The fourth-order valence-electron chi connectivity index (χ4n) is 1.99. The van der Waals surface area contributed by atoms with Crippen molar-refractivity contribution in [3.63, 3.8) is 0 Å². The lowest BCUT2D eigenvalue weighted by atomic mass is 10.1. The fraction of sp³-hybridized carbons (Fsp3) is 0.750. The van der Waals surface area contributed by atoms with E-state index < -0.39 is 11.9 Å². The maximum atomic E-state index is 11.9. The summed E-state index contributed by atoms with van der Waals surface area (Å²) in [5.74, 6) is -2.41. The van der Waals surface area contributed by atoms with Crippen LogP contribution in [0.4, 0.5) is 0 Å². The summed E-state index contributed by atoms with van der Waals surface area (Å²) in [5, 5.41) is 8.82. The van der Waals surface area contributed by atoms with Crippen LogP contribution in [0.5, 0.6) is 0 Å². The molecule has 6 heteroatoms. The average molecular weight is 256 g/mol. The molecule has 1 rings (SSSR count). The van der Waals surface area contributed by atoms with E-state index in [-0.39, 0.29) is 11.8 Å². The zero-order valence-corrected chi connectivity index (χ0v) is 10.9. The monoisotopic (exact) mass is 256 g/mol. The molecule has 0 spiro atoms. The molecule has 1 saturated heterocycles. The van der Waals surface area contributed by atoms with E-state index in [1.165, 1.54) is 6.92 Å². The quantitative estimate of drug-likeness (QED) is 0.731. The number of amides is 2. The summed E-state index contributed by atoms with van der Waals surface area (Å²) in [4.78, 5) is 37.5. The van der Waals surface area contributed by atoms with Gasteiger partial charge in [-0.15, -0.1) is 0 Å². The van der Waals surface area contributed by atoms with E-state index in [9.17, 15) is 14.4 Å². The summed E-state index contributed by atoms with van der Waals surface area (Å²) >= 11 is 0. The molecule has 1 aliphatic rings. The van der Waals surface area contributed by atoms with Crippen LogP contribution >= 0.6 is 0 Å². The molecule has 0 radical (unpaired) electrons. The van der Waals surface area contributed by atoms with E-state index in [1.807, 2.05) is 6.92 Å². The number of carbonyl (C=O) groups excluding carboxylic acids is 2. The Morgan fingerprint density at radius 3 is 2.22 bits per heavy atom. The standard InChI is InChI=1S/C12H20N2O4/c1-3-10(15)13-5-4-6-14(8-7-13)11(16)9(2)12(17)18/h9H,3-8H2,1-2H3,(H,17,18). The number of nitrogens with zero attached hydrogens (tertiary/aromatic N) is 2. The number of aliphatic carboxylic acids is 1. The Morgan fingerprint density at radius 2 is 1.67 bits per heavy atom. The SMILES string of the molecule is CCC(=O)N1CCCN(C(=O)C(C)C(=O)O)CC1. The molecular formula is C12H20N2O4. The molecule has 0 saturated carbocycles. The minimum absolute atomic E-state index is 0.0792. The van der Waals surface area contributed by atoms with E-state index in [0.717, 1.165) is 0 Å². The van der Waals surface area contributed by atoms with Gasteiger partial charge in [0.25, 0.3) is 0 Å². The fourth-order valence-corrected chi connectivity index (χ4v) is 1.99. The molecule has 18 heavy (non-hydrogen) atoms. The number of hydrogen-bond donors (Lipinski definition) is 1. The van der Waals surface area contributed by atoms with Gasteiger partial charge in [-0.05, 0) is 13.3 Å². The second-order valence-corrected chi connectivity index (χ2v) is 4.47. The Bertz CT molecular complexity index is 343. The van der Waals surface area contributed by atoms with Crippen molar-refractivity contribution in [2.75, 3.05) is 26.2 Å². The molecule has 0 bridgehead atoms. The minimum atomic E-state index is -1.11. The summed E-state index contributed by atoms with van der Waals surface area (Å²) in [6, 6.07) is 0. The smallest absolute Gasteiger partial charge is 0.315 e. The van der Waals surface area contributed by atoms with Gasteiger partial charge in [-0.2, -0.15) is 0 Å². The van der Waals surface area contributed by atoms with Crippen LogP contribution in [0.3, 0.4) is 0 Å². The summed E-state index contributed by atoms with van der Waals surface area (Å²) in [6.45, 7) is 5.27. The molecule has 1 fully saturated rings. The number of carboxylic acid groups (broad SMARTS) is 1. The van der Waals surface area contributed by atoms with E-state index in [1.54, 1.807) is 9.80 Å². The van der Waals surface area contributed by atoms with Crippen LogP contribution in [0.1, 0.15) is 26.7 Å². The summed E-state index contributed by atoms with van der Waals surface area (Å²) in [7, 11) is 0. The molecule has 0 aromatic carbocycles. The van der Waals surface area contributed by atoms with Gasteiger partial charge in [-0.25, -0.2) is 0 Å². The Morgan fingerprint density at radius 1 is 1.11 bits per heavy atom. The average Bonchev–Trinajstić information content (AvgIpc) is 2.61. The lowest BCUT2D eigenvalue weighted by Gasteiger charge is -2.23. The molecular weight excluding hydrogens is 236 g/mol. The Kier molecular flexibility index (Phi) is 5.12. The predicted octanol–water partition coefficient (Wildman–Crippen LogP) is 0.178. The highest BCUT2D eigenvalue weighted by Crippen LogP contribution is 2.09. The molecule has 1 N–H and O–H groups in total. The highest BCUT2D eigenvalue weighted by Gasteiger charge is 2.28. The van der Waals surface area contributed by atoms with Crippen LogP contribution in [0, 0.1) is 5.92 Å². The Balaban J connectivity index is 2.59. The van der Waals surface area contributed by atoms with Gasteiger partial charge in [-0.3, -0.25) is 14.4 Å². The van der Waals surface area contributed by atoms with Crippen molar-refractivity contribution in [2.45, 2.75) is 26.7 Å². The number of rotatable bonds is 3. The number of carboxylic acids is 1. The van der Waals surface area contributed by atoms with E-state index in [2.05, 4.69) is 0 Å². The van der Waals surface area contributed by atoms with Gasteiger partial charge in [0.2, 0.25) is 11.8 Å². The largest absolute Gasteiger partial charge is 0.481 e. The molecule has 2 amide bonds. The lowest BCUT2D eigenvalue weighted by molar-refractivity contribution is -0.150. The first-order chi connectivity index (χ1) is 8.47. The van der Waals surface area contributed by atoms with E-state index in [4.69, 9.17) is 5.11 Å². The zero-order chi connectivity index (χ0) is 13.7. The molecule has 0 aromatic heterocycles. The third-order valence-corrected chi connectivity index (χ3v) is 3.20.